The number of hydrogen-bond donors (Lipinski definition) is 1. The lowest BCUT2D eigenvalue weighted by atomic mass is 10.1. The number of nitrogens with zero attached hydrogens (tertiary/aromatic N) is 1. The van der Waals surface area contributed by atoms with Gasteiger partial charge in [0, 0.05) is 12.6 Å². The van der Waals surface area contributed by atoms with E-state index in [1.165, 1.54) is 12.8 Å². The van der Waals surface area contributed by atoms with Crippen LogP contribution in [0, 0.1) is 0 Å². The summed E-state index contributed by atoms with van der Waals surface area (Å²) in [5.74, 6) is 0.416. The third-order valence-corrected chi connectivity index (χ3v) is 4.33. The van der Waals surface area contributed by atoms with Crippen LogP contribution in [-0.4, -0.2) is 35.4 Å². The van der Waals surface area contributed by atoms with Gasteiger partial charge in [0.1, 0.15) is 0 Å². The lowest BCUT2D eigenvalue weighted by Crippen LogP contribution is -2.37. The Labute approximate surface area is 128 Å². The van der Waals surface area contributed by atoms with Gasteiger partial charge in [0.05, 0.1) is 11.6 Å². The van der Waals surface area contributed by atoms with Gasteiger partial charge >= 0.3 is 5.97 Å². The van der Waals surface area contributed by atoms with Gasteiger partial charge in [-0.1, -0.05) is 24.4 Å². The van der Waals surface area contributed by atoms with E-state index in [4.69, 9.17) is 26.2 Å². The monoisotopic (exact) mass is 311 g/mol. The minimum Gasteiger partial charge on any atom is -0.480 e. The van der Waals surface area contributed by atoms with Gasteiger partial charge in [-0.3, -0.25) is 9.69 Å². The zero-order valence-electron chi connectivity index (χ0n) is 11.7. The lowest BCUT2D eigenvalue weighted by Gasteiger charge is -2.27. The van der Waals surface area contributed by atoms with Crippen LogP contribution in [0.4, 0.5) is 0 Å². The molecule has 1 aliphatic heterocycles. The molecule has 0 amide bonds. The van der Waals surface area contributed by atoms with Crippen LogP contribution in [0.3, 0.4) is 0 Å². The predicted molar refractivity (Wildman–Crippen MR) is 77.9 cm³/mol. The number of carbonyl (C=O) groups is 1. The van der Waals surface area contributed by atoms with E-state index in [1.54, 1.807) is 0 Å². The molecule has 1 aromatic carbocycles. The number of fused-ring (bicyclic) bond motifs is 1. The van der Waals surface area contributed by atoms with Gasteiger partial charge in [0.2, 0.25) is 6.79 Å². The molecule has 1 saturated carbocycles. The minimum atomic E-state index is -0.797. The molecule has 0 radical (unpaired) electrons. The highest BCUT2D eigenvalue weighted by atomic mass is 35.5. The first kappa shape index (κ1) is 14.5. The fraction of sp³-hybridized carbons (Fsp3) is 0.533. The molecule has 0 aromatic heterocycles. The fourth-order valence-corrected chi connectivity index (χ4v) is 3.39. The third-order valence-electron chi connectivity index (χ3n) is 4.05. The first-order chi connectivity index (χ1) is 10.1. The van der Waals surface area contributed by atoms with Gasteiger partial charge in [0.25, 0.3) is 0 Å². The van der Waals surface area contributed by atoms with Crippen LogP contribution in [0.25, 0.3) is 0 Å². The minimum absolute atomic E-state index is 0.0523. The Balaban J connectivity index is 1.78. The smallest absolute Gasteiger partial charge is 0.317 e. The van der Waals surface area contributed by atoms with Gasteiger partial charge < -0.3 is 14.6 Å². The normalized spacial score (nSPS) is 17.6. The second kappa shape index (κ2) is 6.12. The SMILES string of the molecule is O=C(O)CN(Cc1cc(Cl)c2c(c1)OCO2)C1CCCC1. The quantitative estimate of drug-likeness (QED) is 0.906. The van der Waals surface area contributed by atoms with Crippen LogP contribution in [0.2, 0.25) is 5.02 Å². The van der Waals surface area contributed by atoms with E-state index >= 15 is 0 Å². The summed E-state index contributed by atoms with van der Waals surface area (Å²) in [6, 6.07) is 4.06. The zero-order valence-corrected chi connectivity index (χ0v) is 12.4. The number of carboxylic acid groups (broad SMARTS) is 1. The van der Waals surface area contributed by atoms with Gasteiger partial charge in [-0.15, -0.1) is 0 Å². The standard InChI is InChI=1S/C15H18ClNO4/c16-12-5-10(6-13-15(12)21-9-20-13)7-17(8-14(18)19)11-3-1-2-4-11/h5-6,11H,1-4,7-9H2,(H,18,19). The Morgan fingerprint density at radius 3 is 2.81 bits per heavy atom. The summed E-state index contributed by atoms with van der Waals surface area (Å²) in [6.45, 7) is 0.796. The van der Waals surface area contributed by atoms with Crippen molar-refractivity contribution < 1.29 is 19.4 Å². The molecule has 0 spiro atoms. The lowest BCUT2D eigenvalue weighted by molar-refractivity contribution is -0.139. The maximum Gasteiger partial charge on any atom is 0.317 e. The Kier molecular flexibility index (Phi) is 4.22. The topological polar surface area (TPSA) is 59.0 Å². The van der Waals surface area contributed by atoms with Crippen LogP contribution >= 0.6 is 11.6 Å². The third kappa shape index (κ3) is 3.24. The molecule has 1 heterocycles. The van der Waals surface area contributed by atoms with Crippen molar-refractivity contribution in [1.82, 2.24) is 4.90 Å². The molecule has 0 unspecified atom stereocenters. The van der Waals surface area contributed by atoms with E-state index in [0.717, 1.165) is 18.4 Å². The van der Waals surface area contributed by atoms with E-state index in [9.17, 15) is 4.79 Å². The van der Waals surface area contributed by atoms with Crippen LogP contribution in [-0.2, 0) is 11.3 Å². The van der Waals surface area contributed by atoms with Gasteiger partial charge in [0.15, 0.2) is 11.5 Å². The predicted octanol–water partition coefficient (Wildman–Crippen LogP) is 2.90. The average Bonchev–Trinajstić information content (AvgIpc) is 3.08. The van der Waals surface area contributed by atoms with E-state index < -0.39 is 5.97 Å². The summed E-state index contributed by atoms with van der Waals surface area (Å²) in [6.07, 6.45) is 4.46. The molecule has 3 rings (SSSR count). The molecule has 21 heavy (non-hydrogen) atoms. The second-order valence-electron chi connectivity index (χ2n) is 5.55. The van der Waals surface area contributed by atoms with Crippen molar-refractivity contribution in [1.29, 1.82) is 0 Å². The summed E-state index contributed by atoms with van der Waals surface area (Å²) >= 11 is 6.18. The molecule has 1 N–H and O–H groups in total. The Morgan fingerprint density at radius 2 is 2.10 bits per heavy atom. The first-order valence-electron chi connectivity index (χ1n) is 7.17. The van der Waals surface area contributed by atoms with Crippen molar-refractivity contribution >= 4 is 17.6 Å². The van der Waals surface area contributed by atoms with Gasteiger partial charge in [-0.25, -0.2) is 0 Å². The molecule has 6 heteroatoms. The van der Waals surface area contributed by atoms with E-state index in [-0.39, 0.29) is 13.3 Å². The van der Waals surface area contributed by atoms with Crippen LogP contribution < -0.4 is 9.47 Å². The number of hydrogen-bond acceptors (Lipinski definition) is 4. The summed E-state index contributed by atoms with van der Waals surface area (Å²) in [7, 11) is 0. The molecular weight excluding hydrogens is 294 g/mol. The highest BCUT2D eigenvalue weighted by Crippen LogP contribution is 2.40. The molecule has 2 aliphatic rings. The number of rotatable bonds is 5. The maximum absolute atomic E-state index is 11.1. The molecule has 0 bridgehead atoms. The highest BCUT2D eigenvalue weighted by molar-refractivity contribution is 6.32. The number of carboxylic acids is 1. The summed E-state index contributed by atoms with van der Waals surface area (Å²) < 4.78 is 10.7. The zero-order chi connectivity index (χ0) is 14.8. The molecule has 1 fully saturated rings. The second-order valence-corrected chi connectivity index (χ2v) is 5.96. The van der Waals surface area contributed by atoms with Crippen molar-refractivity contribution in [3.05, 3.63) is 22.7 Å². The largest absolute Gasteiger partial charge is 0.480 e. The fourth-order valence-electron chi connectivity index (χ4n) is 3.10. The number of aliphatic carboxylic acids is 1. The van der Waals surface area contributed by atoms with Gasteiger partial charge in [-0.2, -0.15) is 0 Å². The van der Waals surface area contributed by atoms with E-state index in [1.807, 2.05) is 17.0 Å². The summed E-state index contributed by atoms with van der Waals surface area (Å²) in [4.78, 5) is 13.1. The Bertz CT molecular complexity index is 543. The van der Waals surface area contributed by atoms with Crippen molar-refractivity contribution in [2.24, 2.45) is 0 Å². The summed E-state index contributed by atoms with van der Waals surface area (Å²) in [5, 5.41) is 9.63. The van der Waals surface area contributed by atoms with Crippen molar-refractivity contribution in [3.8, 4) is 11.5 Å². The van der Waals surface area contributed by atoms with Crippen LogP contribution in [0.15, 0.2) is 12.1 Å². The molecule has 0 atom stereocenters. The molecular formula is C15H18ClNO4. The maximum atomic E-state index is 11.1. The number of halogens is 1. The molecule has 114 valence electrons. The van der Waals surface area contributed by atoms with Gasteiger partial charge in [-0.05, 0) is 30.5 Å². The Hall–Kier alpha value is -1.46. The van der Waals surface area contributed by atoms with E-state index in [0.29, 0.717) is 29.1 Å². The van der Waals surface area contributed by atoms with E-state index in [2.05, 4.69) is 0 Å². The van der Waals surface area contributed by atoms with Crippen molar-refractivity contribution in [3.63, 3.8) is 0 Å². The highest BCUT2D eigenvalue weighted by Gasteiger charge is 2.26. The van der Waals surface area contributed by atoms with Crippen LogP contribution in [0.1, 0.15) is 31.2 Å². The van der Waals surface area contributed by atoms with Crippen LogP contribution in [0.5, 0.6) is 11.5 Å². The number of benzene rings is 1. The molecule has 1 aromatic rings. The molecule has 1 aliphatic carbocycles. The number of ether oxygens (including phenoxy) is 2. The average molecular weight is 312 g/mol. The van der Waals surface area contributed by atoms with Crippen molar-refractivity contribution in [2.45, 2.75) is 38.3 Å². The first-order valence-corrected chi connectivity index (χ1v) is 7.55. The Morgan fingerprint density at radius 1 is 1.33 bits per heavy atom. The summed E-state index contributed by atoms with van der Waals surface area (Å²) in [5.41, 5.74) is 0.956. The van der Waals surface area contributed by atoms with Crippen molar-refractivity contribution in [2.75, 3.05) is 13.3 Å². The molecule has 5 nitrogen and oxygen atoms in total. The molecule has 0 saturated heterocycles.